The second-order valence-corrected chi connectivity index (χ2v) is 7.55. The fraction of sp³-hybridized carbons (Fsp3) is 0.600. The second-order valence-electron chi connectivity index (χ2n) is 7.55. The van der Waals surface area contributed by atoms with Crippen molar-refractivity contribution in [2.24, 2.45) is 11.8 Å². The molecule has 1 aliphatic carbocycles. The molecule has 26 heavy (non-hydrogen) atoms. The first kappa shape index (κ1) is 17.3. The molecule has 0 bridgehead atoms. The van der Waals surface area contributed by atoms with E-state index in [1.807, 2.05) is 0 Å². The minimum atomic E-state index is -0.882. The van der Waals surface area contributed by atoms with Crippen molar-refractivity contribution in [3.63, 3.8) is 0 Å². The fourth-order valence-electron chi connectivity index (χ4n) is 4.66. The SMILES string of the molecule is O=C(O)C1C2CCCC2CN1C(=O)c1ccc(OC2CCOCC2)cc1. The molecule has 3 unspecified atom stereocenters. The first-order valence-electron chi connectivity index (χ1n) is 9.52. The number of hydrogen-bond donors (Lipinski definition) is 1. The van der Waals surface area contributed by atoms with E-state index in [4.69, 9.17) is 9.47 Å². The van der Waals surface area contributed by atoms with E-state index >= 15 is 0 Å². The molecule has 4 rings (SSSR count). The van der Waals surface area contributed by atoms with Crippen molar-refractivity contribution >= 4 is 11.9 Å². The number of likely N-dealkylation sites (tertiary alicyclic amines) is 1. The quantitative estimate of drug-likeness (QED) is 0.894. The summed E-state index contributed by atoms with van der Waals surface area (Å²) in [4.78, 5) is 26.2. The number of fused-ring (bicyclic) bond motifs is 1. The van der Waals surface area contributed by atoms with Crippen LogP contribution in [0, 0.1) is 11.8 Å². The molecule has 1 saturated carbocycles. The van der Waals surface area contributed by atoms with Gasteiger partial charge in [0.15, 0.2) is 0 Å². The molecule has 2 saturated heterocycles. The van der Waals surface area contributed by atoms with Crippen molar-refractivity contribution in [3.8, 4) is 5.75 Å². The van der Waals surface area contributed by atoms with Gasteiger partial charge in [-0.2, -0.15) is 0 Å². The van der Waals surface area contributed by atoms with Gasteiger partial charge >= 0.3 is 5.97 Å². The van der Waals surface area contributed by atoms with Gasteiger partial charge in [0.1, 0.15) is 17.9 Å². The summed E-state index contributed by atoms with van der Waals surface area (Å²) in [5.74, 6) is 0.0990. The van der Waals surface area contributed by atoms with Crippen molar-refractivity contribution in [1.29, 1.82) is 0 Å². The van der Waals surface area contributed by atoms with Gasteiger partial charge in [-0.25, -0.2) is 4.79 Å². The van der Waals surface area contributed by atoms with Gasteiger partial charge in [0.05, 0.1) is 13.2 Å². The van der Waals surface area contributed by atoms with Gasteiger partial charge in [-0.3, -0.25) is 4.79 Å². The average Bonchev–Trinajstić information content (AvgIpc) is 3.23. The lowest BCUT2D eigenvalue weighted by molar-refractivity contribution is -0.142. The summed E-state index contributed by atoms with van der Waals surface area (Å²) in [6.45, 7) is 1.99. The molecule has 3 fully saturated rings. The Labute approximate surface area is 153 Å². The van der Waals surface area contributed by atoms with Gasteiger partial charge in [-0.1, -0.05) is 6.42 Å². The summed E-state index contributed by atoms with van der Waals surface area (Å²) in [5, 5.41) is 9.63. The molecule has 2 heterocycles. The summed E-state index contributed by atoms with van der Waals surface area (Å²) in [6, 6.07) is 6.40. The lowest BCUT2D eigenvalue weighted by atomic mass is 9.94. The number of rotatable bonds is 4. The van der Waals surface area contributed by atoms with Crippen LogP contribution >= 0.6 is 0 Å². The van der Waals surface area contributed by atoms with Gasteiger partial charge < -0.3 is 19.5 Å². The lowest BCUT2D eigenvalue weighted by Gasteiger charge is -2.25. The number of nitrogens with zero attached hydrogens (tertiary/aromatic N) is 1. The van der Waals surface area contributed by atoms with E-state index in [0.717, 1.165) is 51.1 Å². The standard InChI is InChI=1S/C20H25NO5/c22-19(21-12-14-2-1-3-17(14)18(21)20(23)24)13-4-6-15(7-5-13)26-16-8-10-25-11-9-16/h4-7,14,16-18H,1-3,8-12H2,(H,23,24). The topological polar surface area (TPSA) is 76.1 Å². The predicted molar refractivity (Wildman–Crippen MR) is 94.2 cm³/mol. The highest BCUT2D eigenvalue weighted by molar-refractivity contribution is 5.97. The smallest absolute Gasteiger partial charge is 0.326 e. The molecule has 0 radical (unpaired) electrons. The Morgan fingerprint density at radius 3 is 2.50 bits per heavy atom. The molecule has 140 valence electrons. The van der Waals surface area contributed by atoms with Gasteiger partial charge in [0.2, 0.25) is 0 Å². The Balaban J connectivity index is 1.45. The Bertz CT molecular complexity index is 667. The predicted octanol–water partition coefficient (Wildman–Crippen LogP) is 2.57. The Hall–Kier alpha value is -2.08. The summed E-state index contributed by atoms with van der Waals surface area (Å²) in [5.41, 5.74) is 0.524. The molecular formula is C20H25NO5. The zero-order chi connectivity index (χ0) is 18.1. The van der Waals surface area contributed by atoms with Gasteiger partial charge in [0, 0.05) is 24.9 Å². The zero-order valence-electron chi connectivity index (χ0n) is 14.8. The Morgan fingerprint density at radius 1 is 1.08 bits per heavy atom. The van der Waals surface area contributed by atoms with Gasteiger partial charge in [0.25, 0.3) is 5.91 Å². The van der Waals surface area contributed by atoms with Crippen LogP contribution in [0.15, 0.2) is 24.3 Å². The lowest BCUT2D eigenvalue weighted by Crippen LogP contribution is -2.43. The molecule has 1 aromatic carbocycles. The third-order valence-corrected chi connectivity index (χ3v) is 5.98. The van der Waals surface area contributed by atoms with Crippen LogP contribution in [0.4, 0.5) is 0 Å². The number of carboxylic acids is 1. The van der Waals surface area contributed by atoms with Crippen molar-refractivity contribution < 1.29 is 24.2 Å². The maximum absolute atomic E-state index is 12.9. The van der Waals surface area contributed by atoms with E-state index in [2.05, 4.69) is 0 Å². The molecule has 0 aromatic heterocycles. The highest BCUT2D eigenvalue weighted by atomic mass is 16.5. The van der Waals surface area contributed by atoms with Crippen LogP contribution in [0.1, 0.15) is 42.5 Å². The molecule has 0 spiro atoms. The number of carbonyl (C=O) groups excluding carboxylic acids is 1. The molecule has 6 nitrogen and oxygen atoms in total. The number of benzene rings is 1. The summed E-state index contributed by atoms with van der Waals surface area (Å²) < 4.78 is 11.3. The molecule has 1 N–H and O–H groups in total. The van der Waals surface area contributed by atoms with Crippen molar-refractivity contribution in [1.82, 2.24) is 4.90 Å². The third kappa shape index (κ3) is 3.30. The minimum Gasteiger partial charge on any atom is -0.490 e. The largest absolute Gasteiger partial charge is 0.490 e. The normalized spacial score (nSPS) is 28.8. The average molecular weight is 359 g/mol. The molecule has 1 aromatic rings. The zero-order valence-corrected chi connectivity index (χ0v) is 14.8. The third-order valence-electron chi connectivity index (χ3n) is 5.98. The number of amides is 1. The number of carboxylic acid groups (broad SMARTS) is 1. The van der Waals surface area contributed by atoms with Crippen molar-refractivity contribution in [2.45, 2.75) is 44.2 Å². The van der Waals surface area contributed by atoms with Crippen LogP contribution in [0.25, 0.3) is 0 Å². The van der Waals surface area contributed by atoms with E-state index < -0.39 is 12.0 Å². The Kier molecular flexibility index (Phi) is 4.85. The minimum absolute atomic E-state index is 0.104. The van der Waals surface area contributed by atoms with Crippen LogP contribution in [-0.4, -0.2) is 53.8 Å². The highest BCUT2D eigenvalue weighted by Crippen LogP contribution is 2.42. The molecule has 3 aliphatic rings. The number of ether oxygens (including phenoxy) is 2. The van der Waals surface area contributed by atoms with Crippen molar-refractivity contribution in [2.75, 3.05) is 19.8 Å². The summed E-state index contributed by atoms with van der Waals surface area (Å²) in [7, 11) is 0. The van der Waals surface area contributed by atoms with Crippen LogP contribution in [0.3, 0.4) is 0 Å². The second kappa shape index (κ2) is 7.27. The first-order valence-corrected chi connectivity index (χ1v) is 9.52. The number of carbonyl (C=O) groups is 2. The molecule has 6 heteroatoms. The summed E-state index contributed by atoms with van der Waals surface area (Å²) in [6.07, 6.45) is 4.90. The van der Waals surface area contributed by atoms with E-state index in [0.29, 0.717) is 18.0 Å². The van der Waals surface area contributed by atoms with E-state index in [1.54, 1.807) is 29.2 Å². The van der Waals surface area contributed by atoms with Gasteiger partial charge in [-0.15, -0.1) is 0 Å². The van der Waals surface area contributed by atoms with Crippen LogP contribution in [0.2, 0.25) is 0 Å². The van der Waals surface area contributed by atoms with E-state index in [-0.39, 0.29) is 17.9 Å². The molecule has 2 aliphatic heterocycles. The highest BCUT2D eigenvalue weighted by Gasteiger charge is 2.49. The number of hydrogen-bond acceptors (Lipinski definition) is 4. The maximum atomic E-state index is 12.9. The maximum Gasteiger partial charge on any atom is 0.326 e. The van der Waals surface area contributed by atoms with Crippen LogP contribution < -0.4 is 4.74 Å². The first-order chi connectivity index (χ1) is 12.6. The Morgan fingerprint density at radius 2 is 1.81 bits per heavy atom. The number of aliphatic carboxylic acids is 1. The van der Waals surface area contributed by atoms with E-state index in [1.165, 1.54) is 0 Å². The monoisotopic (exact) mass is 359 g/mol. The summed E-state index contributed by atoms with van der Waals surface area (Å²) >= 11 is 0. The molecular weight excluding hydrogens is 334 g/mol. The molecule has 1 amide bonds. The van der Waals surface area contributed by atoms with Crippen molar-refractivity contribution in [3.05, 3.63) is 29.8 Å². The van der Waals surface area contributed by atoms with E-state index in [9.17, 15) is 14.7 Å². The van der Waals surface area contributed by atoms with Crippen LogP contribution in [0.5, 0.6) is 5.75 Å². The van der Waals surface area contributed by atoms with Crippen LogP contribution in [-0.2, 0) is 9.53 Å². The van der Waals surface area contributed by atoms with Gasteiger partial charge in [-0.05, 0) is 48.9 Å². The molecule has 3 atom stereocenters. The fourth-order valence-corrected chi connectivity index (χ4v) is 4.66.